The summed E-state index contributed by atoms with van der Waals surface area (Å²) in [5.74, 6) is 2.96. The van der Waals surface area contributed by atoms with Crippen molar-refractivity contribution in [2.75, 3.05) is 26.0 Å². The number of anilines is 1. The van der Waals surface area contributed by atoms with Crippen molar-refractivity contribution in [2.24, 2.45) is 4.99 Å². The summed E-state index contributed by atoms with van der Waals surface area (Å²) in [4.78, 5) is 18.3. The average Bonchev–Trinajstić information content (AvgIpc) is 2.62. The van der Waals surface area contributed by atoms with Crippen molar-refractivity contribution in [3.8, 4) is 12.3 Å². The van der Waals surface area contributed by atoms with Gasteiger partial charge in [-0.25, -0.2) is 0 Å². The maximum absolute atomic E-state index is 12.1. The second kappa shape index (κ2) is 9.50. The first kappa shape index (κ1) is 19.4. The van der Waals surface area contributed by atoms with Crippen LogP contribution in [-0.2, 0) is 11.3 Å². The first-order valence-electron chi connectivity index (χ1n) is 8.04. The van der Waals surface area contributed by atoms with Crippen LogP contribution >= 0.6 is 11.6 Å². The van der Waals surface area contributed by atoms with Crippen molar-refractivity contribution >= 4 is 29.2 Å². The molecule has 0 fully saturated rings. The standard InChI is InChI=1S/C20H21ClN4O/c1-4-15-7-6-10-18(12-15)24-19(26)13-23-20(22-2)25(3)14-16-8-5-9-17(21)11-16/h1,5-12H,13-14H2,2-3H3,(H,22,23)(H,24,26). The summed E-state index contributed by atoms with van der Waals surface area (Å²) in [5.41, 5.74) is 2.43. The van der Waals surface area contributed by atoms with Gasteiger partial charge in [-0.3, -0.25) is 9.79 Å². The van der Waals surface area contributed by atoms with Crippen LogP contribution in [0.4, 0.5) is 5.69 Å². The van der Waals surface area contributed by atoms with Crippen molar-refractivity contribution in [2.45, 2.75) is 6.54 Å². The third-order valence-corrected chi connectivity index (χ3v) is 3.84. The van der Waals surface area contributed by atoms with Crippen molar-refractivity contribution in [1.29, 1.82) is 0 Å². The monoisotopic (exact) mass is 368 g/mol. The number of aliphatic imine (C=N–C) groups is 1. The molecule has 26 heavy (non-hydrogen) atoms. The second-order valence-electron chi connectivity index (χ2n) is 5.66. The molecule has 0 saturated carbocycles. The van der Waals surface area contributed by atoms with E-state index in [2.05, 4.69) is 21.5 Å². The number of benzene rings is 2. The van der Waals surface area contributed by atoms with Crippen LogP contribution in [0.3, 0.4) is 0 Å². The molecule has 0 aliphatic heterocycles. The molecular formula is C20H21ClN4O. The molecule has 6 heteroatoms. The first-order chi connectivity index (χ1) is 12.5. The number of carbonyl (C=O) groups is 1. The Morgan fingerprint density at radius 3 is 2.73 bits per heavy atom. The van der Waals surface area contributed by atoms with Crippen LogP contribution in [-0.4, -0.2) is 37.4 Å². The highest BCUT2D eigenvalue weighted by Gasteiger charge is 2.09. The molecule has 2 rings (SSSR count). The van der Waals surface area contributed by atoms with E-state index >= 15 is 0 Å². The van der Waals surface area contributed by atoms with Gasteiger partial charge in [-0.05, 0) is 35.9 Å². The Kier molecular flexibility index (Phi) is 7.07. The highest BCUT2D eigenvalue weighted by atomic mass is 35.5. The summed E-state index contributed by atoms with van der Waals surface area (Å²) in [5, 5.41) is 6.53. The molecule has 0 saturated heterocycles. The third-order valence-electron chi connectivity index (χ3n) is 3.60. The summed E-state index contributed by atoms with van der Waals surface area (Å²) < 4.78 is 0. The molecule has 2 N–H and O–H groups in total. The average molecular weight is 369 g/mol. The number of halogens is 1. The molecule has 2 aromatic rings. The molecule has 0 bridgehead atoms. The van der Waals surface area contributed by atoms with Gasteiger partial charge in [-0.15, -0.1) is 6.42 Å². The minimum atomic E-state index is -0.184. The van der Waals surface area contributed by atoms with Gasteiger partial charge in [0.15, 0.2) is 5.96 Å². The highest BCUT2D eigenvalue weighted by molar-refractivity contribution is 6.30. The Bertz CT molecular complexity index is 842. The number of nitrogens with zero attached hydrogens (tertiary/aromatic N) is 2. The van der Waals surface area contributed by atoms with Gasteiger partial charge in [-0.2, -0.15) is 0 Å². The van der Waals surface area contributed by atoms with E-state index in [0.29, 0.717) is 28.8 Å². The van der Waals surface area contributed by atoms with E-state index in [-0.39, 0.29) is 12.5 Å². The first-order valence-corrected chi connectivity index (χ1v) is 8.42. The van der Waals surface area contributed by atoms with Gasteiger partial charge in [0.25, 0.3) is 0 Å². The number of nitrogens with one attached hydrogen (secondary N) is 2. The lowest BCUT2D eigenvalue weighted by Gasteiger charge is -2.22. The molecule has 0 radical (unpaired) electrons. The lowest BCUT2D eigenvalue weighted by Crippen LogP contribution is -2.42. The van der Waals surface area contributed by atoms with E-state index < -0.39 is 0 Å². The molecule has 0 heterocycles. The summed E-state index contributed by atoms with van der Waals surface area (Å²) in [6.07, 6.45) is 5.37. The van der Waals surface area contributed by atoms with Crippen molar-refractivity contribution in [3.05, 3.63) is 64.7 Å². The van der Waals surface area contributed by atoms with Gasteiger partial charge in [0.1, 0.15) is 0 Å². The molecule has 2 aromatic carbocycles. The lowest BCUT2D eigenvalue weighted by atomic mass is 10.2. The topological polar surface area (TPSA) is 56.7 Å². The van der Waals surface area contributed by atoms with E-state index in [4.69, 9.17) is 18.0 Å². The minimum Gasteiger partial charge on any atom is -0.347 e. The van der Waals surface area contributed by atoms with Crippen LogP contribution in [0, 0.1) is 12.3 Å². The van der Waals surface area contributed by atoms with E-state index in [9.17, 15) is 4.79 Å². The van der Waals surface area contributed by atoms with Crippen LogP contribution in [0.2, 0.25) is 5.02 Å². The zero-order valence-electron chi connectivity index (χ0n) is 14.8. The van der Waals surface area contributed by atoms with Crippen molar-refractivity contribution in [1.82, 2.24) is 10.2 Å². The Labute approximate surface area is 159 Å². The maximum atomic E-state index is 12.1. The van der Waals surface area contributed by atoms with Crippen LogP contribution in [0.1, 0.15) is 11.1 Å². The number of guanidine groups is 1. The lowest BCUT2D eigenvalue weighted by molar-refractivity contribution is -0.115. The smallest absolute Gasteiger partial charge is 0.243 e. The van der Waals surface area contributed by atoms with Crippen LogP contribution in [0.25, 0.3) is 0 Å². The summed E-state index contributed by atoms with van der Waals surface area (Å²) in [7, 11) is 3.57. The van der Waals surface area contributed by atoms with Crippen molar-refractivity contribution < 1.29 is 4.79 Å². The van der Waals surface area contributed by atoms with Gasteiger partial charge >= 0.3 is 0 Å². The second-order valence-corrected chi connectivity index (χ2v) is 6.10. The molecule has 0 aliphatic carbocycles. The molecule has 134 valence electrons. The Morgan fingerprint density at radius 2 is 2.04 bits per heavy atom. The molecule has 0 aromatic heterocycles. The molecule has 0 unspecified atom stereocenters. The molecule has 0 aliphatic rings. The molecular weight excluding hydrogens is 348 g/mol. The zero-order valence-corrected chi connectivity index (χ0v) is 15.5. The number of terminal acetylenes is 1. The number of carbonyl (C=O) groups excluding carboxylic acids is 1. The Hall–Kier alpha value is -2.97. The Balaban J connectivity index is 1.89. The van der Waals surface area contributed by atoms with Gasteiger partial charge in [0, 0.05) is 36.9 Å². The number of hydrogen-bond donors (Lipinski definition) is 2. The predicted octanol–water partition coefficient (Wildman–Crippen LogP) is 2.97. The number of hydrogen-bond acceptors (Lipinski definition) is 2. The molecule has 0 atom stereocenters. The fourth-order valence-electron chi connectivity index (χ4n) is 2.42. The van der Waals surface area contributed by atoms with E-state index in [0.717, 1.165) is 5.56 Å². The summed E-state index contributed by atoms with van der Waals surface area (Å²) in [6, 6.07) is 14.8. The molecule has 5 nitrogen and oxygen atoms in total. The maximum Gasteiger partial charge on any atom is 0.243 e. The quantitative estimate of drug-likeness (QED) is 0.484. The zero-order chi connectivity index (χ0) is 18.9. The number of rotatable bonds is 5. The van der Waals surface area contributed by atoms with Gasteiger partial charge in [0.2, 0.25) is 5.91 Å². The SMILES string of the molecule is C#Cc1cccc(NC(=O)CNC(=NC)N(C)Cc2cccc(Cl)c2)c1. The third kappa shape index (κ3) is 5.83. The Morgan fingerprint density at radius 1 is 1.27 bits per heavy atom. The van der Waals surface area contributed by atoms with E-state index in [1.165, 1.54) is 0 Å². The molecule has 1 amide bonds. The van der Waals surface area contributed by atoms with Gasteiger partial charge < -0.3 is 15.5 Å². The minimum absolute atomic E-state index is 0.0901. The van der Waals surface area contributed by atoms with Crippen LogP contribution in [0.5, 0.6) is 0 Å². The van der Waals surface area contributed by atoms with Gasteiger partial charge in [-0.1, -0.05) is 35.7 Å². The summed E-state index contributed by atoms with van der Waals surface area (Å²) >= 11 is 6.01. The number of amides is 1. The fourth-order valence-corrected chi connectivity index (χ4v) is 2.63. The largest absolute Gasteiger partial charge is 0.347 e. The van der Waals surface area contributed by atoms with E-state index in [1.807, 2.05) is 36.2 Å². The van der Waals surface area contributed by atoms with Crippen LogP contribution in [0.15, 0.2) is 53.5 Å². The predicted molar refractivity (Wildman–Crippen MR) is 107 cm³/mol. The van der Waals surface area contributed by atoms with E-state index in [1.54, 1.807) is 31.3 Å². The summed E-state index contributed by atoms with van der Waals surface area (Å²) in [6.45, 7) is 0.707. The van der Waals surface area contributed by atoms with Gasteiger partial charge in [0.05, 0.1) is 6.54 Å². The molecule has 0 spiro atoms. The highest BCUT2D eigenvalue weighted by Crippen LogP contribution is 2.12. The van der Waals surface area contributed by atoms with Crippen LogP contribution < -0.4 is 10.6 Å². The fraction of sp³-hybridized carbons (Fsp3) is 0.200. The normalized spacial score (nSPS) is 10.8. The van der Waals surface area contributed by atoms with Crippen molar-refractivity contribution in [3.63, 3.8) is 0 Å².